The lowest BCUT2D eigenvalue weighted by Crippen LogP contribution is -2.28. The molecule has 21 heavy (non-hydrogen) atoms. The smallest absolute Gasteiger partial charge is 0.319 e. The van der Waals surface area contributed by atoms with Crippen molar-refractivity contribution in [3.63, 3.8) is 0 Å². The molecule has 2 aromatic rings. The van der Waals surface area contributed by atoms with Gasteiger partial charge in [-0.15, -0.1) is 0 Å². The number of amides is 2. The Morgan fingerprint density at radius 2 is 2.10 bits per heavy atom. The zero-order valence-electron chi connectivity index (χ0n) is 12.0. The van der Waals surface area contributed by atoms with Gasteiger partial charge in [-0.25, -0.2) is 4.79 Å². The highest BCUT2D eigenvalue weighted by atomic mass is 16.5. The van der Waals surface area contributed by atoms with Crippen LogP contribution in [0.4, 0.5) is 10.5 Å². The van der Waals surface area contributed by atoms with Crippen LogP contribution in [0, 0.1) is 0 Å². The zero-order chi connectivity index (χ0) is 14.9. The maximum absolute atomic E-state index is 11.9. The Hall–Kier alpha value is -2.40. The third-order valence-electron chi connectivity index (χ3n) is 3.02. The lowest BCUT2D eigenvalue weighted by atomic mass is 10.1. The van der Waals surface area contributed by atoms with Gasteiger partial charge < -0.3 is 15.4 Å². The van der Waals surface area contributed by atoms with Crippen molar-refractivity contribution in [2.24, 2.45) is 0 Å². The summed E-state index contributed by atoms with van der Waals surface area (Å²) in [7, 11) is 1.66. The van der Waals surface area contributed by atoms with E-state index in [1.807, 2.05) is 36.4 Å². The lowest BCUT2D eigenvalue weighted by molar-refractivity contribution is 0.202. The molecule has 2 rings (SSSR count). The SMILES string of the molecule is COCCc1ccccc1NC(=O)NCc1cccnc1. The van der Waals surface area contributed by atoms with Crippen molar-refractivity contribution in [3.8, 4) is 0 Å². The Morgan fingerprint density at radius 3 is 2.86 bits per heavy atom. The average Bonchev–Trinajstić information content (AvgIpc) is 2.53. The van der Waals surface area contributed by atoms with Crippen molar-refractivity contribution in [2.75, 3.05) is 19.0 Å². The van der Waals surface area contributed by atoms with Gasteiger partial charge in [0.2, 0.25) is 0 Å². The number of nitrogens with one attached hydrogen (secondary N) is 2. The molecule has 0 saturated carbocycles. The third kappa shape index (κ3) is 4.89. The van der Waals surface area contributed by atoms with Crippen LogP contribution in [-0.2, 0) is 17.7 Å². The molecule has 0 fully saturated rings. The number of urea groups is 1. The fraction of sp³-hybridized carbons (Fsp3) is 0.250. The van der Waals surface area contributed by atoms with Gasteiger partial charge >= 0.3 is 6.03 Å². The van der Waals surface area contributed by atoms with E-state index in [1.54, 1.807) is 19.5 Å². The number of methoxy groups -OCH3 is 1. The summed E-state index contributed by atoms with van der Waals surface area (Å²) >= 11 is 0. The van der Waals surface area contributed by atoms with Crippen molar-refractivity contribution in [2.45, 2.75) is 13.0 Å². The molecule has 1 aromatic carbocycles. The largest absolute Gasteiger partial charge is 0.384 e. The number of para-hydroxylation sites is 1. The van der Waals surface area contributed by atoms with Crippen molar-refractivity contribution in [3.05, 3.63) is 59.9 Å². The average molecular weight is 285 g/mol. The standard InChI is InChI=1S/C16H19N3O2/c1-21-10-8-14-6-2-3-7-15(14)19-16(20)18-12-13-5-4-9-17-11-13/h2-7,9,11H,8,10,12H2,1H3,(H2,18,19,20). The summed E-state index contributed by atoms with van der Waals surface area (Å²) in [6, 6.07) is 11.2. The van der Waals surface area contributed by atoms with Crippen LogP contribution >= 0.6 is 0 Å². The number of carbonyl (C=O) groups excluding carboxylic acids is 1. The second-order valence-electron chi connectivity index (χ2n) is 4.57. The molecule has 5 heteroatoms. The van der Waals surface area contributed by atoms with Crippen molar-refractivity contribution < 1.29 is 9.53 Å². The Balaban J connectivity index is 1.90. The highest BCUT2D eigenvalue weighted by molar-refractivity contribution is 5.90. The van der Waals surface area contributed by atoms with Gasteiger partial charge in [0.25, 0.3) is 0 Å². The fourth-order valence-corrected chi connectivity index (χ4v) is 1.92. The van der Waals surface area contributed by atoms with E-state index in [0.717, 1.165) is 23.2 Å². The van der Waals surface area contributed by atoms with E-state index in [-0.39, 0.29) is 6.03 Å². The molecule has 1 aromatic heterocycles. The molecule has 0 unspecified atom stereocenters. The first-order valence-electron chi connectivity index (χ1n) is 6.80. The molecule has 0 radical (unpaired) electrons. The van der Waals surface area contributed by atoms with Crippen LogP contribution in [0.25, 0.3) is 0 Å². The van der Waals surface area contributed by atoms with Crippen LogP contribution < -0.4 is 10.6 Å². The molecule has 2 N–H and O–H groups in total. The van der Waals surface area contributed by atoms with Gasteiger partial charge in [0.05, 0.1) is 6.61 Å². The second-order valence-corrected chi connectivity index (χ2v) is 4.57. The number of aromatic nitrogens is 1. The van der Waals surface area contributed by atoms with E-state index in [2.05, 4.69) is 15.6 Å². The number of anilines is 1. The highest BCUT2D eigenvalue weighted by Gasteiger charge is 2.06. The molecule has 110 valence electrons. The predicted octanol–water partition coefficient (Wildman–Crippen LogP) is 2.59. The number of pyridine rings is 1. The van der Waals surface area contributed by atoms with Gasteiger partial charge in [-0.2, -0.15) is 0 Å². The summed E-state index contributed by atoms with van der Waals surface area (Å²) in [4.78, 5) is 15.9. The van der Waals surface area contributed by atoms with Crippen LogP contribution in [-0.4, -0.2) is 24.7 Å². The number of ether oxygens (including phenoxy) is 1. The molecule has 5 nitrogen and oxygen atoms in total. The Labute approximate surface area is 124 Å². The molecule has 0 aliphatic carbocycles. The monoisotopic (exact) mass is 285 g/mol. The van der Waals surface area contributed by atoms with E-state index < -0.39 is 0 Å². The number of hydrogen-bond acceptors (Lipinski definition) is 3. The predicted molar refractivity (Wildman–Crippen MR) is 82.1 cm³/mol. The van der Waals surface area contributed by atoms with Gasteiger partial charge in [0.15, 0.2) is 0 Å². The first-order valence-corrected chi connectivity index (χ1v) is 6.80. The van der Waals surface area contributed by atoms with Crippen LogP contribution in [0.1, 0.15) is 11.1 Å². The normalized spacial score (nSPS) is 10.1. The summed E-state index contributed by atoms with van der Waals surface area (Å²) < 4.78 is 5.08. The number of nitrogens with zero attached hydrogens (tertiary/aromatic N) is 1. The molecule has 2 amide bonds. The zero-order valence-corrected chi connectivity index (χ0v) is 12.0. The molecule has 0 atom stereocenters. The Morgan fingerprint density at radius 1 is 1.24 bits per heavy atom. The van der Waals surface area contributed by atoms with Crippen LogP contribution in [0.2, 0.25) is 0 Å². The third-order valence-corrected chi connectivity index (χ3v) is 3.02. The summed E-state index contributed by atoms with van der Waals surface area (Å²) in [5, 5.41) is 5.67. The number of benzene rings is 1. The molecule has 0 bridgehead atoms. The molecule has 0 aliphatic rings. The van der Waals surface area contributed by atoms with Crippen LogP contribution in [0.5, 0.6) is 0 Å². The lowest BCUT2D eigenvalue weighted by Gasteiger charge is -2.11. The highest BCUT2D eigenvalue weighted by Crippen LogP contribution is 2.15. The molecule has 0 saturated heterocycles. The van der Waals surface area contributed by atoms with Crippen molar-refractivity contribution >= 4 is 11.7 Å². The molecular formula is C16H19N3O2. The molecule has 0 spiro atoms. The van der Waals surface area contributed by atoms with E-state index in [4.69, 9.17) is 4.74 Å². The van der Waals surface area contributed by atoms with E-state index >= 15 is 0 Å². The maximum Gasteiger partial charge on any atom is 0.319 e. The number of carbonyl (C=O) groups is 1. The number of rotatable bonds is 6. The minimum Gasteiger partial charge on any atom is -0.384 e. The first kappa shape index (κ1) is 15.0. The summed E-state index contributed by atoms with van der Waals surface area (Å²) in [5.41, 5.74) is 2.81. The van der Waals surface area contributed by atoms with Crippen LogP contribution in [0.3, 0.4) is 0 Å². The first-order chi connectivity index (χ1) is 10.3. The van der Waals surface area contributed by atoms with Gasteiger partial charge in [0, 0.05) is 31.7 Å². The molecule has 0 aliphatic heterocycles. The Kier molecular flexibility index (Phi) is 5.72. The maximum atomic E-state index is 11.9. The molecular weight excluding hydrogens is 266 g/mol. The van der Waals surface area contributed by atoms with Gasteiger partial charge in [-0.3, -0.25) is 4.98 Å². The van der Waals surface area contributed by atoms with Crippen molar-refractivity contribution in [1.29, 1.82) is 0 Å². The summed E-state index contributed by atoms with van der Waals surface area (Å²) in [6.45, 7) is 1.07. The summed E-state index contributed by atoms with van der Waals surface area (Å²) in [5.74, 6) is 0. The van der Waals surface area contributed by atoms with E-state index in [9.17, 15) is 4.79 Å². The van der Waals surface area contributed by atoms with Gasteiger partial charge in [-0.1, -0.05) is 24.3 Å². The Bertz CT molecular complexity index is 573. The van der Waals surface area contributed by atoms with Gasteiger partial charge in [0.1, 0.15) is 0 Å². The molecule has 1 heterocycles. The second kappa shape index (κ2) is 8.01. The van der Waals surface area contributed by atoms with E-state index in [1.165, 1.54) is 0 Å². The minimum atomic E-state index is -0.233. The topological polar surface area (TPSA) is 63.2 Å². The summed E-state index contributed by atoms with van der Waals surface area (Å²) in [6.07, 6.45) is 4.19. The fourth-order valence-electron chi connectivity index (χ4n) is 1.92. The quantitative estimate of drug-likeness (QED) is 0.857. The van der Waals surface area contributed by atoms with E-state index in [0.29, 0.717) is 13.2 Å². The van der Waals surface area contributed by atoms with Crippen LogP contribution in [0.15, 0.2) is 48.8 Å². The van der Waals surface area contributed by atoms with Gasteiger partial charge in [-0.05, 0) is 29.7 Å². The minimum absolute atomic E-state index is 0.233. The number of hydrogen-bond donors (Lipinski definition) is 2. The van der Waals surface area contributed by atoms with Crippen molar-refractivity contribution in [1.82, 2.24) is 10.3 Å².